The molecule has 0 aromatic heterocycles. The second-order valence-corrected chi connectivity index (χ2v) is 7.52. The van der Waals surface area contributed by atoms with Gasteiger partial charge in [-0.05, 0) is 42.9 Å². The average Bonchev–Trinajstić information content (AvgIpc) is 2.39. The number of unbranched alkanes of at least 4 members (excludes halogenated alkanes) is 3. The van der Waals surface area contributed by atoms with E-state index in [1.165, 1.54) is 25.7 Å². The van der Waals surface area contributed by atoms with E-state index in [9.17, 15) is 9.90 Å². The van der Waals surface area contributed by atoms with Gasteiger partial charge in [-0.2, -0.15) is 0 Å². The van der Waals surface area contributed by atoms with E-state index < -0.39 is 6.09 Å². The molecule has 0 aliphatic heterocycles. The molecule has 0 spiro atoms. The number of amides is 1. The molecule has 116 valence electrons. The second kappa shape index (κ2) is 5.57. The zero-order valence-electron chi connectivity index (χ0n) is 13.6. The largest absolute Gasteiger partial charge is 0.465 e. The minimum Gasteiger partial charge on any atom is -0.465 e. The van der Waals surface area contributed by atoms with Gasteiger partial charge in [0, 0.05) is 6.54 Å². The molecule has 0 aromatic rings. The monoisotopic (exact) mass is 281 g/mol. The summed E-state index contributed by atoms with van der Waals surface area (Å²) in [7, 11) is 0. The Hall–Kier alpha value is -0.730. The van der Waals surface area contributed by atoms with Crippen molar-refractivity contribution in [3.8, 4) is 0 Å². The van der Waals surface area contributed by atoms with E-state index in [-0.39, 0.29) is 11.0 Å². The summed E-state index contributed by atoms with van der Waals surface area (Å²) in [5.41, 5.74) is 0.0434. The Bertz CT molecular complexity index is 366. The highest BCUT2D eigenvalue weighted by Gasteiger charge is 2.67. The quantitative estimate of drug-likeness (QED) is 0.713. The molecule has 2 bridgehead atoms. The van der Waals surface area contributed by atoms with Gasteiger partial charge in [-0.3, -0.25) is 0 Å². The molecule has 3 aliphatic rings. The number of hydrogen-bond acceptors (Lipinski definition) is 1. The van der Waals surface area contributed by atoms with Gasteiger partial charge in [0.2, 0.25) is 0 Å². The maximum Gasteiger partial charge on any atom is 0.407 e. The SMILES string of the molecule is CCCCCCN(C(=O)O)C12CC(CCC1C)C2(C)C. The fourth-order valence-corrected chi connectivity index (χ4v) is 4.99. The Kier molecular flexibility index (Phi) is 4.36. The molecule has 3 rings (SSSR count). The smallest absolute Gasteiger partial charge is 0.407 e. The number of nitrogens with zero attached hydrogens (tertiary/aromatic N) is 1. The Labute approximate surface area is 123 Å². The predicted octanol–water partition coefficient (Wildman–Crippen LogP) is 4.76. The third kappa shape index (κ3) is 2.14. The summed E-state index contributed by atoms with van der Waals surface area (Å²) in [5, 5.41) is 9.75. The summed E-state index contributed by atoms with van der Waals surface area (Å²) in [6.07, 6.45) is 7.41. The van der Waals surface area contributed by atoms with Crippen molar-refractivity contribution in [1.29, 1.82) is 0 Å². The summed E-state index contributed by atoms with van der Waals surface area (Å²) in [5.74, 6) is 1.21. The zero-order valence-corrected chi connectivity index (χ0v) is 13.6. The third-order valence-electron chi connectivity index (χ3n) is 6.41. The standard InChI is InChI=1S/C17H31NO2/c1-5-6-7-8-11-18(15(19)20)17-12-14(16(17,3)4)10-9-13(17)2/h13-14H,5-12H2,1-4H3,(H,19,20). The molecule has 3 atom stereocenters. The zero-order chi connectivity index (χ0) is 15.0. The molecule has 3 aliphatic carbocycles. The summed E-state index contributed by atoms with van der Waals surface area (Å²) in [4.78, 5) is 13.7. The van der Waals surface area contributed by atoms with Crippen LogP contribution in [0.1, 0.15) is 72.6 Å². The van der Waals surface area contributed by atoms with Crippen LogP contribution in [-0.4, -0.2) is 28.2 Å². The van der Waals surface area contributed by atoms with Crippen LogP contribution in [-0.2, 0) is 0 Å². The first-order chi connectivity index (χ1) is 9.38. The average molecular weight is 281 g/mol. The Morgan fingerprint density at radius 1 is 1.25 bits per heavy atom. The van der Waals surface area contributed by atoms with Crippen LogP contribution in [0.25, 0.3) is 0 Å². The summed E-state index contributed by atoms with van der Waals surface area (Å²) in [6, 6.07) is 0. The highest BCUT2D eigenvalue weighted by molar-refractivity contribution is 5.67. The molecule has 0 aromatic carbocycles. The van der Waals surface area contributed by atoms with Crippen LogP contribution in [0.15, 0.2) is 0 Å². The van der Waals surface area contributed by atoms with Crippen molar-refractivity contribution in [2.45, 2.75) is 78.2 Å². The van der Waals surface area contributed by atoms with Crippen LogP contribution in [0.3, 0.4) is 0 Å². The highest BCUT2D eigenvalue weighted by Crippen LogP contribution is 2.66. The lowest BCUT2D eigenvalue weighted by Crippen LogP contribution is -2.75. The van der Waals surface area contributed by atoms with Crippen LogP contribution < -0.4 is 0 Å². The van der Waals surface area contributed by atoms with E-state index in [0.29, 0.717) is 5.92 Å². The minimum absolute atomic E-state index is 0.103. The van der Waals surface area contributed by atoms with Crippen LogP contribution in [0.5, 0.6) is 0 Å². The van der Waals surface area contributed by atoms with Crippen molar-refractivity contribution in [3.63, 3.8) is 0 Å². The molecule has 0 heterocycles. The number of carbonyl (C=O) groups is 1. The minimum atomic E-state index is -0.707. The van der Waals surface area contributed by atoms with Gasteiger partial charge in [-0.1, -0.05) is 47.0 Å². The van der Waals surface area contributed by atoms with Crippen LogP contribution >= 0.6 is 0 Å². The van der Waals surface area contributed by atoms with Crippen molar-refractivity contribution < 1.29 is 9.90 Å². The van der Waals surface area contributed by atoms with E-state index in [1.54, 1.807) is 0 Å². The molecular formula is C17H31NO2. The van der Waals surface area contributed by atoms with Crippen molar-refractivity contribution >= 4 is 6.09 Å². The maximum absolute atomic E-state index is 11.9. The fraction of sp³-hybridized carbons (Fsp3) is 0.941. The van der Waals surface area contributed by atoms with Gasteiger partial charge >= 0.3 is 6.09 Å². The Balaban J connectivity index is 2.13. The topological polar surface area (TPSA) is 40.5 Å². The second-order valence-electron chi connectivity index (χ2n) is 7.52. The van der Waals surface area contributed by atoms with Crippen molar-refractivity contribution in [2.75, 3.05) is 6.54 Å². The maximum atomic E-state index is 11.9. The first-order valence-electron chi connectivity index (χ1n) is 8.38. The first-order valence-corrected chi connectivity index (χ1v) is 8.38. The fourth-order valence-electron chi connectivity index (χ4n) is 4.99. The summed E-state index contributed by atoms with van der Waals surface area (Å²) < 4.78 is 0. The van der Waals surface area contributed by atoms with Crippen molar-refractivity contribution in [3.05, 3.63) is 0 Å². The van der Waals surface area contributed by atoms with Gasteiger partial charge in [0.1, 0.15) is 0 Å². The molecule has 3 fully saturated rings. The first kappa shape index (κ1) is 15.7. The van der Waals surface area contributed by atoms with E-state index in [0.717, 1.165) is 31.7 Å². The van der Waals surface area contributed by atoms with E-state index in [4.69, 9.17) is 0 Å². The van der Waals surface area contributed by atoms with Crippen LogP contribution in [0.4, 0.5) is 4.79 Å². The van der Waals surface area contributed by atoms with E-state index in [2.05, 4.69) is 27.7 Å². The van der Waals surface area contributed by atoms with Crippen LogP contribution in [0, 0.1) is 17.3 Å². The summed E-state index contributed by atoms with van der Waals surface area (Å²) in [6.45, 7) is 9.75. The van der Waals surface area contributed by atoms with Gasteiger partial charge in [0.05, 0.1) is 5.54 Å². The number of hydrogen-bond donors (Lipinski definition) is 1. The van der Waals surface area contributed by atoms with Gasteiger partial charge in [0.15, 0.2) is 0 Å². The van der Waals surface area contributed by atoms with Crippen molar-refractivity contribution in [1.82, 2.24) is 4.90 Å². The molecule has 3 saturated carbocycles. The lowest BCUT2D eigenvalue weighted by Gasteiger charge is -2.71. The molecular weight excluding hydrogens is 250 g/mol. The molecule has 0 saturated heterocycles. The third-order valence-corrected chi connectivity index (χ3v) is 6.41. The lowest BCUT2D eigenvalue weighted by molar-refractivity contribution is -0.200. The van der Waals surface area contributed by atoms with Crippen molar-refractivity contribution in [2.24, 2.45) is 17.3 Å². The number of rotatable bonds is 6. The molecule has 20 heavy (non-hydrogen) atoms. The number of carboxylic acid groups (broad SMARTS) is 1. The Morgan fingerprint density at radius 3 is 2.45 bits per heavy atom. The van der Waals surface area contributed by atoms with E-state index in [1.807, 2.05) is 4.90 Å². The molecule has 1 N–H and O–H groups in total. The summed E-state index contributed by atoms with van der Waals surface area (Å²) >= 11 is 0. The predicted molar refractivity (Wildman–Crippen MR) is 81.9 cm³/mol. The molecule has 0 radical (unpaired) electrons. The molecule has 3 unspecified atom stereocenters. The number of fused-ring (bicyclic) bond motifs is 2. The molecule has 3 heteroatoms. The Morgan fingerprint density at radius 2 is 1.95 bits per heavy atom. The molecule has 1 amide bonds. The normalized spacial score (nSPS) is 34.4. The van der Waals surface area contributed by atoms with Gasteiger partial charge in [-0.15, -0.1) is 0 Å². The van der Waals surface area contributed by atoms with Gasteiger partial charge < -0.3 is 10.0 Å². The van der Waals surface area contributed by atoms with Gasteiger partial charge in [-0.25, -0.2) is 4.79 Å². The highest BCUT2D eigenvalue weighted by atomic mass is 16.4. The molecule has 3 nitrogen and oxygen atoms in total. The lowest BCUT2D eigenvalue weighted by atomic mass is 9.40. The van der Waals surface area contributed by atoms with Crippen LogP contribution in [0.2, 0.25) is 0 Å². The van der Waals surface area contributed by atoms with E-state index >= 15 is 0 Å². The van der Waals surface area contributed by atoms with Gasteiger partial charge in [0.25, 0.3) is 0 Å².